The van der Waals surface area contributed by atoms with E-state index in [1.165, 1.54) is 4.90 Å². The van der Waals surface area contributed by atoms with Gasteiger partial charge in [0.1, 0.15) is 5.75 Å². The smallest absolute Gasteiger partial charge is 0.310 e. The Balaban J connectivity index is 1.79. The van der Waals surface area contributed by atoms with Crippen LogP contribution in [0.4, 0.5) is 0 Å². The van der Waals surface area contributed by atoms with Gasteiger partial charge >= 0.3 is 5.97 Å². The largest absolute Gasteiger partial charge is 0.494 e. The summed E-state index contributed by atoms with van der Waals surface area (Å²) in [5, 5.41) is 0. The first-order valence-corrected chi connectivity index (χ1v) is 9.95. The summed E-state index contributed by atoms with van der Waals surface area (Å²) in [6, 6.07) is 7.39. The molecule has 2 rings (SSSR count). The van der Waals surface area contributed by atoms with Crippen LogP contribution < -0.4 is 4.74 Å². The van der Waals surface area contributed by atoms with Crippen molar-refractivity contribution in [1.82, 2.24) is 4.90 Å². The topological polar surface area (TPSA) is 90.0 Å². The number of sulfone groups is 1. The van der Waals surface area contributed by atoms with Crippen LogP contribution in [-0.2, 0) is 30.7 Å². The molecule has 1 aromatic carbocycles. The van der Waals surface area contributed by atoms with Gasteiger partial charge in [0.15, 0.2) is 16.4 Å². The van der Waals surface area contributed by atoms with Crippen molar-refractivity contribution in [1.29, 1.82) is 0 Å². The van der Waals surface area contributed by atoms with Crippen LogP contribution in [0.15, 0.2) is 24.3 Å². The van der Waals surface area contributed by atoms with E-state index in [-0.39, 0.29) is 30.4 Å². The summed E-state index contributed by atoms with van der Waals surface area (Å²) in [5.41, 5.74) is 0.924. The predicted molar refractivity (Wildman–Crippen MR) is 91.8 cm³/mol. The molecule has 8 heteroatoms. The van der Waals surface area contributed by atoms with Gasteiger partial charge in [-0.3, -0.25) is 9.59 Å². The number of hydrogen-bond acceptors (Lipinski definition) is 6. The Morgan fingerprint density at radius 3 is 2.48 bits per heavy atom. The molecule has 1 aliphatic rings. The zero-order chi connectivity index (χ0) is 18.4. The van der Waals surface area contributed by atoms with Crippen LogP contribution in [0.25, 0.3) is 0 Å². The third-order valence-electron chi connectivity index (χ3n) is 3.98. The van der Waals surface area contributed by atoms with Gasteiger partial charge in [0.2, 0.25) is 0 Å². The third-order valence-corrected chi connectivity index (χ3v) is 5.75. The molecule has 0 saturated carbocycles. The van der Waals surface area contributed by atoms with Crippen molar-refractivity contribution in [2.45, 2.75) is 19.9 Å². The molecule has 0 aromatic heterocycles. The molecule has 0 bridgehead atoms. The van der Waals surface area contributed by atoms with Crippen molar-refractivity contribution in [3.05, 3.63) is 29.8 Å². The van der Waals surface area contributed by atoms with Gasteiger partial charge in [-0.25, -0.2) is 8.42 Å². The first kappa shape index (κ1) is 19.2. The maximum Gasteiger partial charge on any atom is 0.310 e. The van der Waals surface area contributed by atoms with Crippen LogP contribution in [0.1, 0.15) is 18.9 Å². The Hall–Kier alpha value is -2.09. The number of esters is 1. The molecule has 1 heterocycles. The molecule has 25 heavy (non-hydrogen) atoms. The minimum Gasteiger partial charge on any atom is -0.494 e. The van der Waals surface area contributed by atoms with Crippen LogP contribution in [-0.4, -0.2) is 57.0 Å². The average molecular weight is 369 g/mol. The molecule has 0 aliphatic carbocycles. The van der Waals surface area contributed by atoms with E-state index in [0.717, 1.165) is 11.3 Å². The summed E-state index contributed by atoms with van der Waals surface area (Å²) in [4.78, 5) is 25.4. The van der Waals surface area contributed by atoms with Crippen LogP contribution in [0.5, 0.6) is 5.75 Å². The molecule has 1 aromatic rings. The second-order valence-corrected chi connectivity index (χ2v) is 8.26. The molecule has 1 unspecified atom stereocenters. The van der Waals surface area contributed by atoms with Gasteiger partial charge in [-0.15, -0.1) is 0 Å². The summed E-state index contributed by atoms with van der Waals surface area (Å²) in [5.74, 6) is -1.05. The van der Waals surface area contributed by atoms with Crippen LogP contribution in [0.3, 0.4) is 0 Å². The highest BCUT2D eigenvalue weighted by molar-refractivity contribution is 7.91. The van der Waals surface area contributed by atoms with Gasteiger partial charge in [0, 0.05) is 13.6 Å². The minimum atomic E-state index is -3.15. The van der Waals surface area contributed by atoms with Gasteiger partial charge in [-0.1, -0.05) is 12.1 Å². The Labute approximate surface area is 147 Å². The number of benzene rings is 1. The lowest BCUT2D eigenvalue weighted by Gasteiger charge is -2.18. The third kappa shape index (κ3) is 5.74. The van der Waals surface area contributed by atoms with E-state index in [0.29, 0.717) is 13.2 Å². The molecule has 138 valence electrons. The molecular formula is C17H23NO6S. The van der Waals surface area contributed by atoms with E-state index in [2.05, 4.69) is 0 Å². The lowest BCUT2D eigenvalue weighted by atomic mass is 10.1. The second kappa shape index (κ2) is 8.33. The molecule has 1 aliphatic heterocycles. The SMILES string of the molecule is CCOc1ccc(CN(C)C(=O)COC(=O)C2CCS(=O)(=O)C2)cc1. The highest BCUT2D eigenvalue weighted by atomic mass is 32.2. The molecule has 1 fully saturated rings. The molecule has 0 spiro atoms. The number of likely N-dealkylation sites (N-methyl/N-ethyl adjacent to an activating group) is 1. The van der Waals surface area contributed by atoms with Crippen molar-refractivity contribution in [3.63, 3.8) is 0 Å². The van der Waals surface area contributed by atoms with Crippen molar-refractivity contribution in [3.8, 4) is 5.75 Å². The number of amides is 1. The Morgan fingerprint density at radius 1 is 1.24 bits per heavy atom. The van der Waals surface area contributed by atoms with Crippen molar-refractivity contribution in [2.75, 3.05) is 31.8 Å². The van der Waals surface area contributed by atoms with E-state index in [1.54, 1.807) is 7.05 Å². The molecule has 1 amide bonds. The Morgan fingerprint density at radius 2 is 1.92 bits per heavy atom. The van der Waals surface area contributed by atoms with E-state index < -0.39 is 21.7 Å². The van der Waals surface area contributed by atoms with Crippen molar-refractivity contribution >= 4 is 21.7 Å². The summed E-state index contributed by atoms with van der Waals surface area (Å²) in [7, 11) is -1.53. The first-order valence-electron chi connectivity index (χ1n) is 8.13. The minimum absolute atomic E-state index is 0.00163. The number of carbonyl (C=O) groups excluding carboxylic acids is 2. The standard InChI is InChI=1S/C17H23NO6S/c1-3-23-15-6-4-13(5-7-15)10-18(2)16(19)11-24-17(20)14-8-9-25(21,22)12-14/h4-7,14H,3,8-12H2,1-2H3. The van der Waals surface area contributed by atoms with Gasteiger partial charge in [0.25, 0.3) is 5.91 Å². The fourth-order valence-electron chi connectivity index (χ4n) is 2.56. The van der Waals surface area contributed by atoms with E-state index in [9.17, 15) is 18.0 Å². The van der Waals surface area contributed by atoms with Gasteiger partial charge in [-0.2, -0.15) is 0 Å². The van der Waals surface area contributed by atoms with Crippen LogP contribution in [0, 0.1) is 5.92 Å². The lowest BCUT2D eigenvalue weighted by molar-refractivity contribution is -0.154. The van der Waals surface area contributed by atoms with Gasteiger partial charge < -0.3 is 14.4 Å². The first-order chi connectivity index (χ1) is 11.8. The van der Waals surface area contributed by atoms with Crippen LogP contribution in [0.2, 0.25) is 0 Å². The Bertz CT molecular complexity index is 713. The van der Waals surface area contributed by atoms with E-state index in [1.807, 2.05) is 31.2 Å². The molecular weight excluding hydrogens is 346 g/mol. The highest BCUT2D eigenvalue weighted by Gasteiger charge is 2.34. The van der Waals surface area contributed by atoms with E-state index in [4.69, 9.17) is 9.47 Å². The number of rotatable bonds is 7. The molecule has 7 nitrogen and oxygen atoms in total. The van der Waals surface area contributed by atoms with E-state index >= 15 is 0 Å². The monoisotopic (exact) mass is 369 g/mol. The number of hydrogen-bond donors (Lipinski definition) is 0. The average Bonchev–Trinajstić information content (AvgIpc) is 2.94. The maximum absolute atomic E-state index is 12.1. The summed E-state index contributed by atoms with van der Waals surface area (Å²) < 4.78 is 33.1. The number of carbonyl (C=O) groups is 2. The van der Waals surface area contributed by atoms with Gasteiger partial charge in [-0.05, 0) is 31.0 Å². The predicted octanol–water partition coefficient (Wildman–Crippen LogP) is 1.02. The zero-order valence-electron chi connectivity index (χ0n) is 14.4. The normalized spacial score (nSPS) is 18.6. The zero-order valence-corrected chi connectivity index (χ0v) is 15.3. The summed E-state index contributed by atoms with van der Waals surface area (Å²) in [6.07, 6.45) is 0.261. The maximum atomic E-state index is 12.1. The highest BCUT2D eigenvalue weighted by Crippen LogP contribution is 2.19. The van der Waals surface area contributed by atoms with Crippen molar-refractivity contribution in [2.24, 2.45) is 5.92 Å². The molecule has 0 radical (unpaired) electrons. The molecule has 0 N–H and O–H groups in total. The van der Waals surface area contributed by atoms with Gasteiger partial charge in [0.05, 0.1) is 24.0 Å². The summed E-state index contributed by atoms with van der Waals surface area (Å²) >= 11 is 0. The van der Waals surface area contributed by atoms with Crippen molar-refractivity contribution < 1.29 is 27.5 Å². The Kier molecular flexibility index (Phi) is 6.41. The fraction of sp³-hybridized carbons (Fsp3) is 0.529. The fourth-order valence-corrected chi connectivity index (χ4v) is 4.29. The second-order valence-electron chi connectivity index (χ2n) is 6.03. The summed E-state index contributed by atoms with van der Waals surface area (Å²) in [6.45, 7) is 2.48. The number of nitrogens with zero attached hydrogens (tertiary/aromatic N) is 1. The lowest BCUT2D eigenvalue weighted by Crippen LogP contribution is -2.32. The molecule has 1 saturated heterocycles. The quantitative estimate of drug-likeness (QED) is 0.667. The van der Waals surface area contributed by atoms with Crippen LogP contribution >= 0.6 is 0 Å². The molecule has 1 atom stereocenters. The number of ether oxygens (including phenoxy) is 2.